The van der Waals surface area contributed by atoms with Crippen molar-refractivity contribution in [2.24, 2.45) is 0 Å². The Balaban J connectivity index is 1.43. The van der Waals surface area contributed by atoms with Crippen LogP contribution in [0, 0.1) is 0 Å². The lowest BCUT2D eigenvalue weighted by Gasteiger charge is -2.18. The van der Waals surface area contributed by atoms with E-state index < -0.39 is 0 Å². The van der Waals surface area contributed by atoms with Gasteiger partial charge in [-0.2, -0.15) is 0 Å². The highest BCUT2D eigenvalue weighted by atomic mass is 16.2. The summed E-state index contributed by atoms with van der Waals surface area (Å²) >= 11 is 0. The van der Waals surface area contributed by atoms with Crippen LogP contribution >= 0.6 is 0 Å². The van der Waals surface area contributed by atoms with Crippen molar-refractivity contribution < 1.29 is 4.79 Å². The van der Waals surface area contributed by atoms with Crippen LogP contribution in [0.4, 0.5) is 11.4 Å². The van der Waals surface area contributed by atoms with Crippen molar-refractivity contribution in [1.29, 1.82) is 0 Å². The fourth-order valence-corrected chi connectivity index (χ4v) is 3.39. The van der Waals surface area contributed by atoms with E-state index in [4.69, 9.17) is 0 Å². The lowest BCUT2D eigenvalue weighted by Crippen LogP contribution is -2.19. The first kappa shape index (κ1) is 17.3. The standard InChI is InChI=1S/C21H23N5O/c1-15(2)16-4-7-20(8-5-16)25-12-17-3-6-19(11-18(17)13-25)23-21(27)14-26-10-9-22-24-26/h3-11,15H,12-14H2,1-2H3,(H,23,27). The molecule has 1 aliphatic rings. The lowest BCUT2D eigenvalue weighted by atomic mass is 10.0. The average Bonchev–Trinajstić information content (AvgIpc) is 3.30. The molecule has 6 nitrogen and oxygen atoms in total. The van der Waals surface area contributed by atoms with E-state index in [9.17, 15) is 4.79 Å². The second-order valence-electron chi connectivity index (χ2n) is 7.23. The predicted octanol–water partition coefficient (Wildman–Crippen LogP) is 3.56. The summed E-state index contributed by atoms with van der Waals surface area (Å²) in [6.45, 7) is 6.32. The number of anilines is 2. The molecule has 3 aromatic rings. The topological polar surface area (TPSA) is 63.1 Å². The number of benzene rings is 2. The van der Waals surface area contributed by atoms with E-state index in [1.807, 2.05) is 6.07 Å². The molecule has 1 amide bonds. The molecule has 0 saturated heterocycles. The normalized spacial score (nSPS) is 13.1. The zero-order chi connectivity index (χ0) is 18.8. The molecule has 2 aromatic carbocycles. The van der Waals surface area contributed by atoms with Crippen molar-refractivity contribution >= 4 is 17.3 Å². The first-order valence-electron chi connectivity index (χ1n) is 9.19. The molecule has 6 heteroatoms. The second kappa shape index (κ2) is 7.23. The van der Waals surface area contributed by atoms with Gasteiger partial charge in [-0.15, -0.1) is 5.10 Å². The maximum atomic E-state index is 12.1. The molecule has 138 valence electrons. The van der Waals surface area contributed by atoms with E-state index in [1.54, 1.807) is 12.4 Å². The van der Waals surface area contributed by atoms with Gasteiger partial charge in [-0.3, -0.25) is 4.79 Å². The van der Waals surface area contributed by atoms with E-state index in [2.05, 4.69) is 70.8 Å². The van der Waals surface area contributed by atoms with Crippen molar-refractivity contribution in [3.63, 3.8) is 0 Å². The van der Waals surface area contributed by atoms with Gasteiger partial charge >= 0.3 is 0 Å². The van der Waals surface area contributed by atoms with Gasteiger partial charge in [0.2, 0.25) is 5.91 Å². The highest BCUT2D eigenvalue weighted by molar-refractivity contribution is 5.90. The molecule has 27 heavy (non-hydrogen) atoms. The van der Waals surface area contributed by atoms with Crippen molar-refractivity contribution in [1.82, 2.24) is 15.0 Å². The number of rotatable bonds is 5. The summed E-state index contributed by atoms with van der Waals surface area (Å²) in [5.41, 5.74) is 5.95. The zero-order valence-electron chi connectivity index (χ0n) is 15.6. The van der Waals surface area contributed by atoms with Crippen LogP contribution in [0.2, 0.25) is 0 Å². The third-order valence-corrected chi connectivity index (χ3v) is 4.91. The molecule has 0 atom stereocenters. The van der Waals surface area contributed by atoms with Crippen molar-refractivity contribution in [3.05, 3.63) is 71.5 Å². The van der Waals surface area contributed by atoms with E-state index in [0.29, 0.717) is 5.92 Å². The zero-order valence-corrected chi connectivity index (χ0v) is 15.6. The van der Waals surface area contributed by atoms with Gasteiger partial charge in [-0.05, 0) is 46.9 Å². The van der Waals surface area contributed by atoms with Gasteiger partial charge in [0.05, 0.1) is 6.20 Å². The number of hydrogen-bond donors (Lipinski definition) is 1. The Morgan fingerprint density at radius 1 is 1.11 bits per heavy atom. The number of amides is 1. The molecule has 1 N–H and O–H groups in total. The number of nitrogens with zero attached hydrogens (tertiary/aromatic N) is 4. The molecule has 0 spiro atoms. The molecule has 4 rings (SSSR count). The molecular formula is C21H23N5O. The maximum absolute atomic E-state index is 12.1. The van der Waals surface area contributed by atoms with Crippen LogP contribution in [0.25, 0.3) is 0 Å². The summed E-state index contributed by atoms with van der Waals surface area (Å²) < 4.78 is 1.51. The molecule has 1 aromatic heterocycles. The van der Waals surface area contributed by atoms with Gasteiger partial charge in [-0.1, -0.05) is 37.3 Å². The first-order chi connectivity index (χ1) is 13.1. The summed E-state index contributed by atoms with van der Waals surface area (Å²) in [6, 6.07) is 14.9. The molecule has 0 radical (unpaired) electrons. The van der Waals surface area contributed by atoms with E-state index in [0.717, 1.165) is 18.8 Å². The van der Waals surface area contributed by atoms with Crippen LogP contribution in [0.1, 0.15) is 36.5 Å². The number of fused-ring (bicyclic) bond motifs is 1. The monoisotopic (exact) mass is 361 g/mol. The number of carbonyl (C=O) groups is 1. The largest absolute Gasteiger partial charge is 0.363 e. The smallest absolute Gasteiger partial charge is 0.246 e. The molecule has 0 saturated carbocycles. The SMILES string of the molecule is CC(C)c1ccc(N2Cc3ccc(NC(=O)Cn4ccnn4)cc3C2)cc1. The first-order valence-corrected chi connectivity index (χ1v) is 9.19. The Kier molecular flexibility index (Phi) is 4.62. The van der Waals surface area contributed by atoms with Crippen LogP contribution in [-0.2, 0) is 24.4 Å². The van der Waals surface area contributed by atoms with Crippen molar-refractivity contribution in [2.45, 2.75) is 39.4 Å². The van der Waals surface area contributed by atoms with E-state index >= 15 is 0 Å². The number of nitrogens with one attached hydrogen (secondary N) is 1. The van der Waals surface area contributed by atoms with Gasteiger partial charge in [0.25, 0.3) is 0 Å². The van der Waals surface area contributed by atoms with Crippen molar-refractivity contribution in [3.8, 4) is 0 Å². The second-order valence-corrected chi connectivity index (χ2v) is 7.23. The van der Waals surface area contributed by atoms with Crippen molar-refractivity contribution in [2.75, 3.05) is 10.2 Å². The predicted molar refractivity (Wildman–Crippen MR) is 106 cm³/mol. The van der Waals surface area contributed by atoms with Gasteiger partial charge < -0.3 is 10.2 Å². The summed E-state index contributed by atoms with van der Waals surface area (Å²) in [5.74, 6) is 0.429. The third-order valence-electron chi connectivity index (χ3n) is 4.91. The summed E-state index contributed by atoms with van der Waals surface area (Å²) in [6.07, 6.45) is 3.23. The number of aromatic nitrogens is 3. The minimum Gasteiger partial charge on any atom is -0.363 e. The van der Waals surface area contributed by atoms with Crippen LogP contribution in [0.5, 0.6) is 0 Å². The Labute approximate surface area is 158 Å². The average molecular weight is 361 g/mol. The Bertz CT molecular complexity index is 932. The third kappa shape index (κ3) is 3.84. The number of hydrogen-bond acceptors (Lipinski definition) is 4. The summed E-state index contributed by atoms with van der Waals surface area (Å²) in [5, 5.41) is 10.5. The molecule has 0 unspecified atom stereocenters. The highest BCUT2D eigenvalue weighted by Crippen LogP contribution is 2.30. The van der Waals surface area contributed by atoms with Gasteiger partial charge in [-0.25, -0.2) is 4.68 Å². The molecule has 1 aliphatic heterocycles. The van der Waals surface area contributed by atoms with Crippen LogP contribution in [0.15, 0.2) is 54.9 Å². The van der Waals surface area contributed by atoms with Gasteiger partial charge in [0.15, 0.2) is 0 Å². The summed E-state index contributed by atoms with van der Waals surface area (Å²) in [7, 11) is 0. The highest BCUT2D eigenvalue weighted by Gasteiger charge is 2.20. The Morgan fingerprint density at radius 3 is 2.59 bits per heavy atom. The van der Waals surface area contributed by atoms with E-state index in [1.165, 1.54) is 27.1 Å². The maximum Gasteiger partial charge on any atom is 0.246 e. The molecule has 2 heterocycles. The minimum absolute atomic E-state index is 0.112. The fraction of sp³-hybridized carbons (Fsp3) is 0.286. The van der Waals surface area contributed by atoms with Crippen LogP contribution in [-0.4, -0.2) is 20.9 Å². The molecule has 0 bridgehead atoms. The quantitative estimate of drug-likeness (QED) is 0.755. The minimum atomic E-state index is -0.112. The molecule has 0 aliphatic carbocycles. The van der Waals surface area contributed by atoms with Gasteiger partial charge in [0.1, 0.15) is 6.54 Å². The van der Waals surface area contributed by atoms with Gasteiger partial charge in [0, 0.05) is 30.7 Å². The summed E-state index contributed by atoms with van der Waals surface area (Å²) in [4.78, 5) is 14.5. The number of carbonyl (C=O) groups excluding carboxylic acids is 1. The Morgan fingerprint density at radius 2 is 1.89 bits per heavy atom. The lowest BCUT2D eigenvalue weighted by molar-refractivity contribution is -0.116. The fourth-order valence-electron chi connectivity index (χ4n) is 3.39. The Hall–Kier alpha value is -3.15. The van der Waals surface area contributed by atoms with Crippen LogP contribution < -0.4 is 10.2 Å². The molecular weight excluding hydrogens is 338 g/mol. The molecule has 0 fully saturated rings. The van der Waals surface area contributed by atoms with Crippen LogP contribution in [0.3, 0.4) is 0 Å². The van der Waals surface area contributed by atoms with E-state index in [-0.39, 0.29) is 12.5 Å².